The summed E-state index contributed by atoms with van der Waals surface area (Å²) in [7, 11) is -1.12. The summed E-state index contributed by atoms with van der Waals surface area (Å²) >= 11 is 5.87. The molecule has 3 rings (SSSR count). The van der Waals surface area contributed by atoms with E-state index in [1.54, 1.807) is 21.0 Å². The van der Waals surface area contributed by atoms with Crippen molar-refractivity contribution in [3.05, 3.63) is 93.8 Å². The average Bonchev–Trinajstić information content (AvgIpc) is 2.71. The summed E-state index contributed by atoms with van der Waals surface area (Å²) < 4.78 is 55.8. The number of aromatic nitrogens is 1. The number of aryl methyl sites for hydroxylation is 1. The number of carbonyl (C=O) groups is 1. The van der Waals surface area contributed by atoms with Gasteiger partial charge in [-0.15, -0.1) is 0 Å². The number of benzene rings is 2. The van der Waals surface area contributed by atoms with E-state index in [9.17, 15) is 22.0 Å². The van der Waals surface area contributed by atoms with Gasteiger partial charge in [-0.3, -0.25) is 9.78 Å². The smallest absolute Gasteiger partial charge is 0.271 e. The van der Waals surface area contributed by atoms with Crippen LogP contribution >= 0.6 is 11.6 Å². The Hall–Kier alpha value is -2.84. The van der Waals surface area contributed by atoms with Gasteiger partial charge in [-0.25, -0.2) is 17.2 Å². The zero-order valence-electron chi connectivity index (χ0n) is 16.9. The SMILES string of the molecule is Cc1cc(C(=O)N(C)C)ncc1C(c1cc(F)ccc1F)S(=O)(=O)c1ccc(Cl)cc1. The third kappa shape index (κ3) is 4.60. The molecule has 2 aromatic carbocycles. The number of sulfone groups is 1. The van der Waals surface area contributed by atoms with Crippen molar-refractivity contribution in [2.45, 2.75) is 17.1 Å². The van der Waals surface area contributed by atoms with Crippen LogP contribution in [0.2, 0.25) is 5.02 Å². The van der Waals surface area contributed by atoms with Crippen molar-refractivity contribution >= 4 is 27.3 Å². The maximum atomic E-state index is 14.7. The van der Waals surface area contributed by atoms with E-state index in [0.717, 1.165) is 18.2 Å². The Morgan fingerprint density at radius 2 is 1.68 bits per heavy atom. The van der Waals surface area contributed by atoms with Crippen LogP contribution in [0.4, 0.5) is 8.78 Å². The first-order valence-corrected chi connectivity index (χ1v) is 11.1. The molecule has 0 fully saturated rings. The van der Waals surface area contributed by atoms with E-state index >= 15 is 0 Å². The van der Waals surface area contributed by atoms with Gasteiger partial charge in [0.05, 0.1) is 4.90 Å². The minimum atomic E-state index is -4.24. The predicted octanol–water partition coefficient (Wildman–Crippen LogP) is 4.59. The highest BCUT2D eigenvalue weighted by Crippen LogP contribution is 2.38. The van der Waals surface area contributed by atoms with Crippen LogP contribution in [0.25, 0.3) is 0 Å². The highest BCUT2D eigenvalue weighted by atomic mass is 35.5. The molecule has 0 bridgehead atoms. The zero-order valence-corrected chi connectivity index (χ0v) is 18.5. The van der Waals surface area contributed by atoms with Gasteiger partial charge >= 0.3 is 0 Å². The molecule has 0 aliphatic heterocycles. The van der Waals surface area contributed by atoms with Gasteiger partial charge < -0.3 is 4.90 Å². The molecule has 0 saturated heterocycles. The van der Waals surface area contributed by atoms with E-state index in [1.165, 1.54) is 41.4 Å². The number of nitrogens with zero attached hydrogens (tertiary/aromatic N) is 2. The molecular formula is C22H19ClF2N2O3S. The molecule has 5 nitrogen and oxygen atoms in total. The van der Waals surface area contributed by atoms with Gasteiger partial charge in [-0.2, -0.15) is 0 Å². The van der Waals surface area contributed by atoms with Crippen molar-refractivity contribution in [3.63, 3.8) is 0 Å². The van der Waals surface area contributed by atoms with Crippen LogP contribution < -0.4 is 0 Å². The molecule has 1 unspecified atom stereocenters. The van der Waals surface area contributed by atoms with Crippen LogP contribution in [-0.4, -0.2) is 38.3 Å². The maximum absolute atomic E-state index is 14.7. The predicted molar refractivity (Wildman–Crippen MR) is 114 cm³/mol. The summed E-state index contributed by atoms with van der Waals surface area (Å²) in [5.74, 6) is -2.03. The molecule has 0 aliphatic rings. The maximum Gasteiger partial charge on any atom is 0.271 e. The minimum absolute atomic E-state index is 0.105. The number of amides is 1. The molecule has 162 valence electrons. The molecule has 0 spiro atoms. The Morgan fingerprint density at radius 3 is 2.26 bits per heavy atom. The molecule has 1 heterocycles. The molecule has 1 atom stereocenters. The summed E-state index contributed by atoms with van der Waals surface area (Å²) in [6, 6.07) is 9.47. The molecule has 0 N–H and O–H groups in total. The number of carbonyl (C=O) groups excluding carboxylic acids is 1. The van der Waals surface area contributed by atoms with Crippen LogP contribution in [0, 0.1) is 18.6 Å². The highest BCUT2D eigenvalue weighted by Gasteiger charge is 2.35. The lowest BCUT2D eigenvalue weighted by molar-refractivity contribution is 0.0822. The largest absolute Gasteiger partial charge is 0.343 e. The van der Waals surface area contributed by atoms with Gasteiger partial charge in [0.25, 0.3) is 5.91 Å². The van der Waals surface area contributed by atoms with Crippen molar-refractivity contribution in [1.29, 1.82) is 0 Å². The van der Waals surface area contributed by atoms with Gasteiger partial charge in [0.1, 0.15) is 22.6 Å². The highest BCUT2D eigenvalue weighted by molar-refractivity contribution is 7.92. The lowest BCUT2D eigenvalue weighted by Crippen LogP contribution is -2.24. The quantitative estimate of drug-likeness (QED) is 0.554. The monoisotopic (exact) mass is 464 g/mol. The van der Waals surface area contributed by atoms with E-state index in [0.29, 0.717) is 10.6 Å². The molecule has 0 aliphatic carbocycles. The summed E-state index contributed by atoms with van der Waals surface area (Å²) in [5, 5.41) is -1.25. The lowest BCUT2D eigenvalue weighted by atomic mass is 10.0. The number of halogens is 3. The first-order valence-electron chi connectivity index (χ1n) is 9.15. The van der Waals surface area contributed by atoms with Crippen LogP contribution in [0.1, 0.15) is 32.4 Å². The molecule has 1 aromatic heterocycles. The summed E-state index contributed by atoms with van der Waals surface area (Å²) in [5.41, 5.74) is 0.279. The number of hydrogen-bond acceptors (Lipinski definition) is 4. The van der Waals surface area contributed by atoms with Crippen LogP contribution in [0.5, 0.6) is 0 Å². The fourth-order valence-electron chi connectivity index (χ4n) is 3.16. The summed E-state index contributed by atoms with van der Waals surface area (Å²) in [6.07, 6.45) is 1.22. The first-order chi connectivity index (χ1) is 14.5. The Labute approximate surface area is 184 Å². The van der Waals surface area contributed by atoms with Crippen molar-refractivity contribution in [1.82, 2.24) is 9.88 Å². The summed E-state index contributed by atoms with van der Waals surface area (Å²) in [6.45, 7) is 1.59. The van der Waals surface area contributed by atoms with Gasteiger partial charge in [0.15, 0.2) is 9.84 Å². The average molecular weight is 465 g/mol. The van der Waals surface area contributed by atoms with E-state index in [4.69, 9.17) is 11.6 Å². The first kappa shape index (κ1) is 22.8. The normalized spacial score (nSPS) is 12.5. The van der Waals surface area contributed by atoms with E-state index in [2.05, 4.69) is 4.98 Å². The molecule has 3 aromatic rings. The molecule has 0 radical (unpaired) electrons. The van der Waals surface area contributed by atoms with Crippen molar-refractivity contribution < 1.29 is 22.0 Å². The Kier molecular flexibility index (Phi) is 6.43. The molecule has 1 amide bonds. The Balaban J connectivity index is 2.26. The fraction of sp³-hybridized carbons (Fsp3) is 0.182. The van der Waals surface area contributed by atoms with Crippen LogP contribution in [0.3, 0.4) is 0 Å². The number of pyridine rings is 1. The standard InChI is InChI=1S/C22H19ClF2N2O3S/c1-13-10-20(22(28)27(2)3)26-12-18(13)21(17-11-15(24)6-9-19(17)25)31(29,30)16-7-4-14(23)5-8-16/h4-12,21H,1-3H3. The second-order valence-electron chi connectivity index (χ2n) is 7.17. The third-order valence-electron chi connectivity index (χ3n) is 4.75. The van der Waals surface area contributed by atoms with E-state index < -0.39 is 26.7 Å². The van der Waals surface area contributed by atoms with Crippen LogP contribution in [0.15, 0.2) is 59.6 Å². The molecule has 31 heavy (non-hydrogen) atoms. The number of rotatable bonds is 5. The van der Waals surface area contributed by atoms with Gasteiger partial charge in [0, 0.05) is 30.9 Å². The lowest BCUT2D eigenvalue weighted by Gasteiger charge is -2.22. The van der Waals surface area contributed by atoms with Crippen molar-refractivity contribution in [3.8, 4) is 0 Å². The van der Waals surface area contributed by atoms with Crippen molar-refractivity contribution in [2.24, 2.45) is 0 Å². The van der Waals surface area contributed by atoms with E-state index in [-0.39, 0.29) is 27.6 Å². The Morgan fingerprint density at radius 1 is 1.03 bits per heavy atom. The second-order valence-corrected chi connectivity index (χ2v) is 9.64. The van der Waals surface area contributed by atoms with E-state index in [1.807, 2.05) is 0 Å². The third-order valence-corrected chi connectivity index (χ3v) is 7.06. The van der Waals surface area contributed by atoms with Gasteiger partial charge in [-0.1, -0.05) is 11.6 Å². The number of hydrogen-bond donors (Lipinski definition) is 0. The molecule has 9 heteroatoms. The van der Waals surface area contributed by atoms with Crippen LogP contribution in [-0.2, 0) is 9.84 Å². The van der Waals surface area contributed by atoms with Gasteiger partial charge in [0.2, 0.25) is 0 Å². The topological polar surface area (TPSA) is 67.3 Å². The fourth-order valence-corrected chi connectivity index (χ4v) is 5.17. The van der Waals surface area contributed by atoms with Gasteiger partial charge in [-0.05, 0) is 66.6 Å². The second kappa shape index (κ2) is 8.72. The zero-order chi connectivity index (χ0) is 22.9. The van der Waals surface area contributed by atoms with Crippen molar-refractivity contribution in [2.75, 3.05) is 14.1 Å². The summed E-state index contributed by atoms with van der Waals surface area (Å²) in [4.78, 5) is 17.5. The minimum Gasteiger partial charge on any atom is -0.343 e. The molecular weight excluding hydrogens is 446 g/mol. The Bertz CT molecular complexity index is 1250. The molecule has 0 saturated carbocycles.